The van der Waals surface area contributed by atoms with Gasteiger partial charge in [0.05, 0.1) is 52.4 Å². The number of hydrogen-bond donors (Lipinski definition) is 4. The van der Waals surface area contributed by atoms with Gasteiger partial charge >= 0.3 is 19.3 Å². The Morgan fingerprint density at radius 2 is 1.44 bits per heavy atom. The van der Waals surface area contributed by atoms with E-state index in [9.17, 15) is 9.59 Å². The van der Waals surface area contributed by atoms with E-state index in [0.29, 0.717) is 39.6 Å². The van der Waals surface area contributed by atoms with E-state index in [1.807, 2.05) is 36.4 Å². The number of aromatic amines is 2. The minimum atomic E-state index is -1.40. The van der Waals surface area contributed by atoms with E-state index in [0.717, 1.165) is 49.3 Å². The first-order valence-corrected chi connectivity index (χ1v) is 21.3. The molecule has 0 aliphatic carbocycles. The molecule has 0 fully saturated rings. The van der Waals surface area contributed by atoms with Crippen molar-refractivity contribution in [3.63, 3.8) is 0 Å². The van der Waals surface area contributed by atoms with Crippen LogP contribution in [0.5, 0.6) is 0 Å². The monoisotopic (exact) mass is 959 g/mol. The third kappa shape index (κ3) is 10.6. The fraction of sp³-hybridized carbons (Fsp3) is 0.267. The molecular formula is C45H47BBrN11O8. The second-order valence-electron chi connectivity index (χ2n) is 16.7. The largest absolute Gasteiger partial charge is 0.490 e. The molecule has 2 aromatic carbocycles. The Morgan fingerprint density at radius 1 is 0.758 bits per heavy atom. The number of ether oxygens (including phenoxy) is 4. The van der Waals surface area contributed by atoms with Crippen LogP contribution < -0.4 is 5.46 Å². The number of carbonyl (C=O) groups excluding carboxylic acids is 2. The number of benzene rings is 2. The SMILES string of the molecule is COCc1cccc2[nH]c(-c3n[nH]c4cnccc34)nc12.COCc1cccc2c1nc(-c1nn(C(=O)OC(C)(C)C)c3ncc(Br)cc13)n2C(=O)OC(C)(C)C.OB(O)c1cccnc1. The molecule has 0 amide bonds. The van der Waals surface area contributed by atoms with Gasteiger partial charge in [-0.2, -0.15) is 10.2 Å². The van der Waals surface area contributed by atoms with Gasteiger partial charge in [0.25, 0.3) is 0 Å². The second kappa shape index (κ2) is 19.7. The van der Waals surface area contributed by atoms with Crippen LogP contribution in [0.1, 0.15) is 52.7 Å². The summed E-state index contributed by atoms with van der Waals surface area (Å²) in [5.41, 5.74) is 5.96. The molecule has 21 heteroatoms. The number of pyridine rings is 3. The van der Waals surface area contributed by atoms with Crippen molar-refractivity contribution in [2.45, 2.75) is 66.0 Å². The minimum Gasteiger partial charge on any atom is -0.443 e. The van der Waals surface area contributed by atoms with Crippen LogP contribution in [0.4, 0.5) is 9.59 Å². The maximum atomic E-state index is 13.4. The van der Waals surface area contributed by atoms with Gasteiger partial charge in [0.15, 0.2) is 17.3 Å². The molecule has 0 saturated heterocycles. The Hall–Kier alpha value is -6.91. The number of hydrogen-bond acceptors (Lipinski definition) is 15. The molecule has 66 heavy (non-hydrogen) atoms. The number of halogens is 1. The Morgan fingerprint density at radius 3 is 2.09 bits per heavy atom. The smallest absolute Gasteiger partial charge is 0.443 e. The number of H-pyrrole nitrogens is 2. The van der Waals surface area contributed by atoms with Gasteiger partial charge in [-0.25, -0.2) is 29.1 Å². The van der Waals surface area contributed by atoms with Gasteiger partial charge in [0.2, 0.25) is 0 Å². The van der Waals surface area contributed by atoms with Crippen molar-refractivity contribution in [2.75, 3.05) is 14.2 Å². The fourth-order valence-electron chi connectivity index (χ4n) is 6.71. The lowest BCUT2D eigenvalue weighted by atomic mass is 9.82. The molecule has 0 saturated carbocycles. The van der Waals surface area contributed by atoms with Crippen LogP contribution in [0, 0.1) is 0 Å². The summed E-state index contributed by atoms with van der Waals surface area (Å²) in [6.45, 7) is 11.5. The van der Waals surface area contributed by atoms with E-state index in [1.54, 1.807) is 105 Å². The normalized spacial score (nSPS) is 11.6. The van der Waals surface area contributed by atoms with Crippen molar-refractivity contribution in [2.24, 2.45) is 0 Å². The molecule has 9 aromatic rings. The molecule has 0 aliphatic heterocycles. The maximum absolute atomic E-state index is 13.4. The van der Waals surface area contributed by atoms with Crippen LogP contribution in [0.15, 0.2) is 96.1 Å². The number of rotatable bonds is 7. The highest BCUT2D eigenvalue weighted by molar-refractivity contribution is 9.10. The van der Waals surface area contributed by atoms with Crippen molar-refractivity contribution in [1.29, 1.82) is 0 Å². The number of imidazole rings is 2. The molecule has 0 radical (unpaired) electrons. The van der Waals surface area contributed by atoms with Crippen molar-refractivity contribution < 1.29 is 38.6 Å². The topological polar surface area (TPSA) is 243 Å². The van der Waals surface area contributed by atoms with E-state index >= 15 is 0 Å². The summed E-state index contributed by atoms with van der Waals surface area (Å²) in [7, 11) is 1.86. The number of nitrogens with one attached hydrogen (secondary N) is 2. The summed E-state index contributed by atoms with van der Waals surface area (Å²) in [6, 6.07) is 18.4. The summed E-state index contributed by atoms with van der Waals surface area (Å²) in [6.07, 6.45) is 6.72. The lowest BCUT2D eigenvalue weighted by molar-refractivity contribution is 0.0519. The first kappa shape index (κ1) is 47.1. The maximum Gasteiger partial charge on any atom is 0.490 e. The standard InChI is InChI=1S/C25H28BrN5O5.C15H13N5O.C5H6BNO2/c1-24(2,3)35-22(32)30-17-10-8-9-14(13-34-7)18(17)28-21(30)19-16-11-15(26)12-27-20(16)31(29-19)23(33)36-25(4,5)6;1-21-8-9-3-2-4-11-13(9)18-15(17-11)14-10-5-6-16-7-12(10)19-20-14;8-6(9)5-2-1-3-7-4-5/h8-12H,13H2,1-7H3;2-7H,8H2,1H3,(H,17,18)(H,19,20);1-4,8-9H. The van der Waals surface area contributed by atoms with Crippen LogP contribution in [-0.2, 0) is 32.2 Å². The summed E-state index contributed by atoms with van der Waals surface area (Å²) in [5, 5.41) is 30.4. The molecule has 4 N–H and O–H groups in total. The van der Waals surface area contributed by atoms with Gasteiger partial charge in [-0.3, -0.25) is 15.1 Å². The molecule has 19 nitrogen and oxygen atoms in total. The molecule has 7 heterocycles. The zero-order valence-electron chi connectivity index (χ0n) is 37.4. The van der Waals surface area contributed by atoms with Crippen LogP contribution >= 0.6 is 15.9 Å². The third-order valence-electron chi connectivity index (χ3n) is 9.38. The second-order valence-corrected chi connectivity index (χ2v) is 17.6. The quantitative estimate of drug-likeness (QED) is 0.114. The third-order valence-corrected chi connectivity index (χ3v) is 9.81. The number of aromatic nitrogens is 11. The van der Waals surface area contributed by atoms with E-state index in [4.69, 9.17) is 34.0 Å². The molecule has 0 unspecified atom stereocenters. The molecule has 9 rings (SSSR count). The number of para-hydroxylation sites is 2. The Kier molecular flexibility index (Phi) is 14.0. The van der Waals surface area contributed by atoms with Gasteiger partial charge in [0.1, 0.15) is 22.6 Å². The predicted molar refractivity (Wildman–Crippen MR) is 252 cm³/mol. The average Bonchev–Trinajstić information content (AvgIpc) is 4.06. The van der Waals surface area contributed by atoms with Gasteiger partial charge < -0.3 is 34.0 Å². The van der Waals surface area contributed by atoms with E-state index in [-0.39, 0.29) is 17.2 Å². The first-order chi connectivity index (χ1) is 31.5. The lowest BCUT2D eigenvalue weighted by Crippen LogP contribution is -2.29. The molecular weight excluding hydrogens is 913 g/mol. The summed E-state index contributed by atoms with van der Waals surface area (Å²) < 4.78 is 24.9. The highest BCUT2D eigenvalue weighted by Gasteiger charge is 2.30. The Bertz CT molecular complexity index is 3150. The number of nitrogens with zero attached hydrogens (tertiary/aromatic N) is 9. The Labute approximate surface area is 386 Å². The molecule has 7 aromatic heterocycles. The van der Waals surface area contributed by atoms with Crippen LogP contribution in [0.3, 0.4) is 0 Å². The van der Waals surface area contributed by atoms with Crippen molar-refractivity contribution in [3.8, 4) is 23.0 Å². The molecule has 340 valence electrons. The Balaban J connectivity index is 0.000000179. The summed E-state index contributed by atoms with van der Waals surface area (Å²) in [4.78, 5) is 51.4. The highest BCUT2D eigenvalue weighted by atomic mass is 79.9. The van der Waals surface area contributed by atoms with Crippen LogP contribution in [0.25, 0.3) is 67.0 Å². The van der Waals surface area contributed by atoms with Crippen molar-refractivity contribution >= 4 is 84.7 Å². The molecule has 0 bridgehead atoms. The molecule has 0 aliphatic rings. The van der Waals surface area contributed by atoms with Gasteiger partial charge in [-0.1, -0.05) is 30.3 Å². The summed E-state index contributed by atoms with van der Waals surface area (Å²) in [5.74, 6) is 0.945. The van der Waals surface area contributed by atoms with Gasteiger partial charge in [0, 0.05) is 65.5 Å². The number of methoxy groups -OCH3 is 2. The lowest BCUT2D eigenvalue weighted by Gasteiger charge is -2.20. The van der Waals surface area contributed by atoms with Gasteiger partial charge in [-0.05, 0) is 87.8 Å². The molecule has 0 spiro atoms. The van der Waals surface area contributed by atoms with E-state index < -0.39 is 30.5 Å². The summed E-state index contributed by atoms with van der Waals surface area (Å²) >= 11 is 3.44. The molecule has 0 atom stereocenters. The zero-order chi connectivity index (χ0) is 47.3. The number of carbonyl (C=O) groups is 2. The number of fused-ring (bicyclic) bond motifs is 4. The van der Waals surface area contributed by atoms with E-state index in [2.05, 4.69) is 56.1 Å². The fourth-order valence-corrected chi connectivity index (χ4v) is 7.04. The van der Waals surface area contributed by atoms with Crippen molar-refractivity contribution in [3.05, 3.63) is 107 Å². The minimum absolute atomic E-state index is 0.204. The van der Waals surface area contributed by atoms with Crippen molar-refractivity contribution in [1.82, 2.24) is 54.4 Å². The van der Waals surface area contributed by atoms with Crippen LogP contribution in [-0.4, -0.2) is 109 Å². The average molecular weight is 961 g/mol. The van der Waals surface area contributed by atoms with Gasteiger partial charge in [-0.15, -0.1) is 4.68 Å². The highest BCUT2D eigenvalue weighted by Crippen LogP contribution is 2.34. The first-order valence-electron chi connectivity index (χ1n) is 20.5. The van der Waals surface area contributed by atoms with E-state index in [1.165, 1.54) is 10.8 Å². The van der Waals surface area contributed by atoms with Crippen LogP contribution in [0.2, 0.25) is 0 Å². The zero-order valence-corrected chi connectivity index (χ0v) is 39.0. The predicted octanol–water partition coefficient (Wildman–Crippen LogP) is 7.33.